The van der Waals surface area contributed by atoms with Crippen molar-refractivity contribution < 1.29 is 14.8 Å². The normalized spacial score (nSPS) is 18.9. The van der Waals surface area contributed by atoms with Crippen molar-refractivity contribution in [3.8, 4) is 0 Å². The van der Waals surface area contributed by atoms with E-state index in [4.69, 9.17) is 0 Å². The molecule has 2 amide bonds. The molecule has 0 aliphatic carbocycles. The zero-order valence-electron chi connectivity index (χ0n) is 17.5. The zero-order chi connectivity index (χ0) is 22.2. The Labute approximate surface area is 195 Å². The highest BCUT2D eigenvalue weighted by atomic mass is 79.9. The van der Waals surface area contributed by atoms with E-state index in [9.17, 15) is 14.8 Å². The Balaban J connectivity index is 1.18. The Hall–Kier alpha value is -2.74. The molecule has 2 aliphatic rings. The Morgan fingerprint density at radius 2 is 1.56 bits per heavy atom. The van der Waals surface area contributed by atoms with Crippen LogP contribution in [-0.4, -0.2) is 70.1 Å². The quantitative estimate of drug-likeness (QED) is 0.557. The lowest BCUT2D eigenvalue weighted by atomic mass is 10.0. The third-order valence-corrected chi connectivity index (χ3v) is 7.13. The molecule has 1 N–H and O–H groups in total. The maximum absolute atomic E-state index is 12.9. The minimum Gasteiger partial charge on any atom is -0.337 e. The molecule has 0 bridgehead atoms. The van der Waals surface area contributed by atoms with Crippen molar-refractivity contribution >= 4 is 38.5 Å². The van der Waals surface area contributed by atoms with Gasteiger partial charge < -0.3 is 15.0 Å². The van der Waals surface area contributed by atoms with Crippen molar-refractivity contribution in [1.29, 1.82) is 0 Å². The maximum Gasteiger partial charge on any atom is 0.253 e. The van der Waals surface area contributed by atoms with Crippen LogP contribution >= 0.6 is 15.9 Å². The van der Waals surface area contributed by atoms with Gasteiger partial charge in [0.2, 0.25) is 0 Å². The Bertz CT molecular complexity index is 1160. The molecule has 2 aliphatic heterocycles. The number of halogens is 1. The second-order valence-electron chi connectivity index (χ2n) is 8.48. The summed E-state index contributed by atoms with van der Waals surface area (Å²) < 4.78 is 1.00. The van der Waals surface area contributed by atoms with Gasteiger partial charge in [-0.1, -0.05) is 52.3 Å². The minimum absolute atomic E-state index is 0.00476. The molecule has 0 spiro atoms. The van der Waals surface area contributed by atoms with Gasteiger partial charge in [-0.3, -0.25) is 9.59 Å². The lowest BCUT2D eigenvalue weighted by Crippen LogP contribution is -2.62. The first-order valence-electron chi connectivity index (χ1n) is 10.8. The Morgan fingerprint density at radius 1 is 0.844 bits per heavy atom. The number of nitrogens with zero attached hydrogens (tertiary/aromatic N) is 3. The smallest absolute Gasteiger partial charge is 0.253 e. The van der Waals surface area contributed by atoms with Crippen LogP contribution in [0, 0.1) is 0 Å². The van der Waals surface area contributed by atoms with Crippen LogP contribution < -0.4 is 0 Å². The lowest BCUT2D eigenvalue weighted by molar-refractivity contribution is -0.182. The Kier molecular flexibility index (Phi) is 5.71. The van der Waals surface area contributed by atoms with Gasteiger partial charge in [0.25, 0.3) is 11.8 Å². The molecule has 2 saturated heterocycles. The SMILES string of the molecule is O=C(c1ccccc1)N1CCC(N(O)C2CN(C(=O)c3ccc4c(Br)cccc4c3)C2)C1. The first kappa shape index (κ1) is 21.1. The van der Waals surface area contributed by atoms with Gasteiger partial charge in [-0.25, -0.2) is 0 Å². The van der Waals surface area contributed by atoms with Crippen LogP contribution in [0.3, 0.4) is 0 Å². The van der Waals surface area contributed by atoms with Gasteiger partial charge in [0.15, 0.2) is 0 Å². The van der Waals surface area contributed by atoms with Crippen molar-refractivity contribution in [2.75, 3.05) is 26.2 Å². The first-order chi connectivity index (χ1) is 15.5. The maximum atomic E-state index is 12.9. The standard InChI is InChI=1S/C25H24BrN3O3/c26-23-8-4-7-18-13-19(9-10-22(18)23)25(31)28-15-21(16-28)29(32)20-11-12-27(14-20)24(30)17-5-2-1-3-6-17/h1-10,13,20-21,32H,11-12,14-16H2. The van der Waals surface area contributed by atoms with E-state index in [0.29, 0.717) is 37.3 Å². The highest BCUT2D eigenvalue weighted by Gasteiger charge is 2.40. The molecule has 0 aromatic heterocycles. The topological polar surface area (TPSA) is 64.1 Å². The van der Waals surface area contributed by atoms with Gasteiger partial charge in [0, 0.05) is 41.8 Å². The number of benzene rings is 3. The number of amides is 2. The molecule has 3 aromatic carbocycles. The highest BCUT2D eigenvalue weighted by Crippen LogP contribution is 2.27. The van der Waals surface area contributed by atoms with E-state index >= 15 is 0 Å². The number of carbonyl (C=O) groups is 2. The summed E-state index contributed by atoms with van der Waals surface area (Å²) in [6.45, 7) is 2.08. The van der Waals surface area contributed by atoms with E-state index in [0.717, 1.165) is 21.7 Å². The van der Waals surface area contributed by atoms with E-state index in [2.05, 4.69) is 15.9 Å². The van der Waals surface area contributed by atoms with Crippen LogP contribution in [-0.2, 0) is 0 Å². The second kappa shape index (κ2) is 8.65. The molecule has 1 unspecified atom stereocenters. The van der Waals surface area contributed by atoms with Crippen molar-refractivity contribution in [1.82, 2.24) is 14.9 Å². The number of fused-ring (bicyclic) bond motifs is 1. The number of rotatable bonds is 4. The average molecular weight is 494 g/mol. The fourth-order valence-corrected chi connectivity index (χ4v) is 5.07. The molecule has 164 valence electrons. The van der Waals surface area contributed by atoms with Crippen LogP contribution in [0.15, 0.2) is 71.2 Å². The summed E-state index contributed by atoms with van der Waals surface area (Å²) in [5.41, 5.74) is 1.32. The fourth-order valence-electron chi connectivity index (χ4n) is 4.55. The van der Waals surface area contributed by atoms with Gasteiger partial charge in [-0.05, 0) is 47.5 Å². The monoisotopic (exact) mass is 493 g/mol. The van der Waals surface area contributed by atoms with E-state index in [1.54, 1.807) is 9.80 Å². The average Bonchev–Trinajstić information content (AvgIpc) is 3.28. The van der Waals surface area contributed by atoms with E-state index < -0.39 is 0 Å². The van der Waals surface area contributed by atoms with Crippen molar-refractivity contribution in [3.63, 3.8) is 0 Å². The number of carbonyl (C=O) groups excluding carboxylic acids is 2. The van der Waals surface area contributed by atoms with Gasteiger partial charge in [0.1, 0.15) is 0 Å². The number of hydrogen-bond acceptors (Lipinski definition) is 4. The summed E-state index contributed by atoms with van der Waals surface area (Å²) in [7, 11) is 0. The molecule has 32 heavy (non-hydrogen) atoms. The lowest BCUT2D eigenvalue weighted by Gasteiger charge is -2.44. The van der Waals surface area contributed by atoms with E-state index in [1.807, 2.05) is 66.7 Å². The fraction of sp³-hybridized carbons (Fsp3) is 0.280. The molecule has 0 saturated carbocycles. The van der Waals surface area contributed by atoms with Crippen LogP contribution in [0.1, 0.15) is 27.1 Å². The summed E-state index contributed by atoms with van der Waals surface area (Å²) in [4.78, 5) is 29.1. The zero-order valence-corrected chi connectivity index (χ0v) is 19.1. The van der Waals surface area contributed by atoms with Gasteiger partial charge >= 0.3 is 0 Å². The van der Waals surface area contributed by atoms with Crippen molar-refractivity contribution in [2.24, 2.45) is 0 Å². The summed E-state index contributed by atoms with van der Waals surface area (Å²) in [5.74, 6) is -0.0290. The van der Waals surface area contributed by atoms with E-state index in [1.165, 1.54) is 5.06 Å². The van der Waals surface area contributed by atoms with Crippen LogP contribution in [0.25, 0.3) is 10.8 Å². The summed E-state index contributed by atoms with van der Waals surface area (Å²) in [5, 5.41) is 14.2. The van der Waals surface area contributed by atoms with Gasteiger partial charge in [-0.2, -0.15) is 5.06 Å². The summed E-state index contributed by atoms with van der Waals surface area (Å²) in [6, 6.07) is 20.7. The summed E-state index contributed by atoms with van der Waals surface area (Å²) in [6.07, 6.45) is 0.721. The van der Waals surface area contributed by atoms with Crippen molar-refractivity contribution in [2.45, 2.75) is 18.5 Å². The molecule has 5 rings (SSSR count). The third-order valence-electron chi connectivity index (χ3n) is 6.44. The van der Waals surface area contributed by atoms with Crippen LogP contribution in [0.2, 0.25) is 0 Å². The van der Waals surface area contributed by atoms with Crippen LogP contribution in [0.4, 0.5) is 0 Å². The second-order valence-corrected chi connectivity index (χ2v) is 9.33. The van der Waals surface area contributed by atoms with Crippen LogP contribution in [0.5, 0.6) is 0 Å². The molecule has 6 nitrogen and oxygen atoms in total. The third kappa shape index (κ3) is 3.92. The molecule has 2 fully saturated rings. The Morgan fingerprint density at radius 3 is 2.34 bits per heavy atom. The molecule has 2 heterocycles. The summed E-state index contributed by atoms with van der Waals surface area (Å²) >= 11 is 3.54. The molecule has 7 heteroatoms. The highest BCUT2D eigenvalue weighted by molar-refractivity contribution is 9.10. The predicted octanol–water partition coefficient (Wildman–Crippen LogP) is 4.03. The number of hydroxylamine groups is 2. The van der Waals surface area contributed by atoms with Crippen molar-refractivity contribution in [3.05, 3.63) is 82.3 Å². The number of likely N-dealkylation sites (tertiary alicyclic amines) is 2. The van der Waals surface area contributed by atoms with Gasteiger partial charge in [-0.15, -0.1) is 0 Å². The van der Waals surface area contributed by atoms with E-state index in [-0.39, 0.29) is 23.9 Å². The largest absolute Gasteiger partial charge is 0.337 e. The first-order valence-corrected chi connectivity index (χ1v) is 11.6. The van der Waals surface area contributed by atoms with Gasteiger partial charge in [0.05, 0.1) is 12.1 Å². The molecular formula is C25H24BrN3O3. The molecule has 3 aromatic rings. The molecule has 0 radical (unpaired) electrons. The minimum atomic E-state index is -0.108. The number of hydrogen-bond donors (Lipinski definition) is 1. The predicted molar refractivity (Wildman–Crippen MR) is 126 cm³/mol. The molecule has 1 atom stereocenters. The molecular weight excluding hydrogens is 470 g/mol.